The first-order valence-corrected chi connectivity index (χ1v) is 7.00. The molecule has 0 atom stereocenters. The Morgan fingerprint density at radius 3 is 2.85 bits per heavy atom. The van der Waals surface area contributed by atoms with Crippen molar-refractivity contribution in [3.63, 3.8) is 0 Å². The van der Waals surface area contributed by atoms with E-state index in [1.54, 1.807) is 7.11 Å². The maximum atomic E-state index is 6.10. The summed E-state index contributed by atoms with van der Waals surface area (Å²) in [7, 11) is 1.68. The Morgan fingerprint density at radius 2 is 2.05 bits per heavy atom. The van der Waals surface area contributed by atoms with Crippen LogP contribution >= 0.6 is 15.9 Å². The van der Waals surface area contributed by atoms with E-state index in [2.05, 4.69) is 20.9 Å². The number of anilines is 1. The van der Waals surface area contributed by atoms with Gasteiger partial charge < -0.3 is 10.5 Å². The van der Waals surface area contributed by atoms with Gasteiger partial charge in [-0.3, -0.25) is 4.57 Å². The number of nitrogen functional groups attached to an aromatic ring is 1. The smallest absolute Gasteiger partial charge is 0.205 e. The number of hydrogen-bond acceptors (Lipinski definition) is 3. The van der Waals surface area contributed by atoms with Crippen LogP contribution in [0, 0.1) is 0 Å². The van der Waals surface area contributed by atoms with Gasteiger partial charge in [0.05, 0.1) is 23.3 Å². The third-order valence-corrected chi connectivity index (χ3v) is 3.67. The van der Waals surface area contributed by atoms with Crippen molar-refractivity contribution in [2.24, 2.45) is 0 Å². The van der Waals surface area contributed by atoms with Crippen molar-refractivity contribution in [3.8, 4) is 5.69 Å². The number of aromatic nitrogens is 2. The molecular weight excluding hydrogens is 318 g/mol. The zero-order valence-electron chi connectivity index (χ0n) is 11.0. The zero-order chi connectivity index (χ0) is 14.1. The number of nitrogens with zero attached hydrogens (tertiary/aromatic N) is 2. The highest BCUT2D eigenvalue weighted by Crippen LogP contribution is 2.27. The van der Waals surface area contributed by atoms with Crippen molar-refractivity contribution >= 4 is 32.9 Å². The van der Waals surface area contributed by atoms with E-state index in [9.17, 15) is 0 Å². The summed E-state index contributed by atoms with van der Waals surface area (Å²) in [6, 6.07) is 13.9. The van der Waals surface area contributed by atoms with Crippen LogP contribution in [-0.4, -0.2) is 16.7 Å². The number of ether oxygens (including phenoxy) is 1. The Balaban J connectivity index is 2.29. The van der Waals surface area contributed by atoms with Gasteiger partial charge >= 0.3 is 0 Å². The minimum atomic E-state index is 0.474. The van der Waals surface area contributed by atoms with Gasteiger partial charge in [-0.1, -0.05) is 34.1 Å². The number of rotatable bonds is 3. The SMILES string of the molecule is COCc1ccccc1-n1c(N)nc2ccc(Br)cc21. The Labute approximate surface area is 125 Å². The summed E-state index contributed by atoms with van der Waals surface area (Å²) >= 11 is 3.49. The molecule has 3 rings (SSSR count). The molecule has 0 bridgehead atoms. The van der Waals surface area contributed by atoms with Crippen LogP contribution in [0.25, 0.3) is 16.7 Å². The normalized spacial score (nSPS) is 11.1. The second-order valence-corrected chi connectivity index (χ2v) is 5.42. The lowest BCUT2D eigenvalue weighted by molar-refractivity contribution is 0.185. The first kappa shape index (κ1) is 13.1. The second-order valence-electron chi connectivity index (χ2n) is 4.50. The molecule has 1 aromatic heterocycles. The van der Waals surface area contributed by atoms with Crippen LogP contribution in [0.3, 0.4) is 0 Å². The molecule has 0 spiro atoms. The number of benzene rings is 2. The maximum Gasteiger partial charge on any atom is 0.205 e. The van der Waals surface area contributed by atoms with Crippen molar-refractivity contribution in [3.05, 3.63) is 52.5 Å². The summed E-state index contributed by atoms with van der Waals surface area (Å²) in [5.74, 6) is 0.474. The van der Waals surface area contributed by atoms with Crippen LogP contribution in [0.2, 0.25) is 0 Å². The van der Waals surface area contributed by atoms with Gasteiger partial charge in [-0.15, -0.1) is 0 Å². The number of halogens is 1. The van der Waals surface area contributed by atoms with Gasteiger partial charge in [0.25, 0.3) is 0 Å². The van der Waals surface area contributed by atoms with Crippen molar-refractivity contribution in [2.45, 2.75) is 6.61 Å². The Bertz CT molecular complexity index is 767. The minimum absolute atomic E-state index is 0.474. The van der Waals surface area contributed by atoms with Gasteiger partial charge in [0.1, 0.15) is 0 Å². The predicted molar refractivity (Wildman–Crippen MR) is 83.9 cm³/mol. The zero-order valence-corrected chi connectivity index (χ0v) is 12.6. The Kier molecular flexibility index (Phi) is 3.46. The highest BCUT2D eigenvalue weighted by molar-refractivity contribution is 9.10. The summed E-state index contributed by atoms with van der Waals surface area (Å²) in [4.78, 5) is 4.41. The molecule has 5 heteroatoms. The molecule has 0 saturated heterocycles. The summed E-state index contributed by atoms with van der Waals surface area (Å²) in [6.07, 6.45) is 0. The van der Waals surface area contributed by atoms with Gasteiger partial charge in [-0.05, 0) is 24.3 Å². The van der Waals surface area contributed by atoms with E-state index in [1.165, 1.54) is 0 Å². The minimum Gasteiger partial charge on any atom is -0.380 e. The number of methoxy groups -OCH3 is 1. The molecule has 0 amide bonds. The highest BCUT2D eigenvalue weighted by atomic mass is 79.9. The van der Waals surface area contributed by atoms with E-state index < -0.39 is 0 Å². The third kappa shape index (κ3) is 2.19. The van der Waals surface area contributed by atoms with Crippen LogP contribution in [0.1, 0.15) is 5.56 Å². The van der Waals surface area contributed by atoms with E-state index in [4.69, 9.17) is 10.5 Å². The second kappa shape index (κ2) is 5.26. The van der Waals surface area contributed by atoms with Gasteiger partial charge in [0.2, 0.25) is 5.95 Å². The average molecular weight is 332 g/mol. The summed E-state index contributed by atoms with van der Waals surface area (Å²) in [5, 5.41) is 0. The lowest BCUT2D eigenvalue weighted by Crippen LogP contribution is -2.04. The number of nitrogens with two attached hydrogens (primary N) is 1. The predicted octanol–water partition coefficient (Wildman–Crippen LogP) is 3.52. The maximum absolute atomic E-state index is 6.10. The average Bonchev–Trinajstić information content (AvgIpc) is 2.75. The first-order chi connectivity index (χ1) is 9.70. The molecule has 20 heavy (non-hydrogen) atoms. The van der Waals surface area contributed by atoms with Crippen LogP contribution in [0.4, 0.5) is 5.95 Å². The molecule has 0 radical (unpaired) electrons. The fraction of sp³-hybridized carbons (Fsp3) is 0.133. The molecule has 0 aliphatic heterocycles. The van der Waals surface area contributed by atoms with Gasteiger partial charge in [0, 0.05) is 17.1 Å². The molecule has 0 fully saturated rings. The van der Waals surface area contributed by atoms with E-state index in [-0.39, 0.29) is 0 Å². The van der Waals surface area contributed by atoms with Gasteiger partial charge in [-0.2, -0.15) is 0 Å². The fourth-order valence-corrected chi connectivity index (χ4v) is 2.68. The molecule has 2 aromatic carbocycles. The van der Waals surface area contributed by atoms with Crippen molar-refractivity contribution < 1.29 is 4.74 Å². The van der Waals surface area contributed by atoms with Crippen molar-refractivity contribution in [2.75, 3.05) is 12.8 Å². The summed E-state index contributed by atoms with van der Waals surface area (Å²) < 4.78 is 8.21. The number of para-hydroxylation sites is 1. The lowest BCUT2D eigenvalue weighted by Gasteiger charge is -2.12. The number of imidazole rings is 1. The molecule has 0 unspecified atom stereocenters. The van der Waals surface area contributed by atoms with E-state index in [0.29, 0.717) is 12.6 Å². The van der Waals surface area contributed by atoms with Crippen molar-refractivity contribution in [1.29, 1.82) is 0 Å². The third-order valence-electron chi connectivity index (χ3n) is 3.17. The quantitative estimate of drug-likeness (QED) is 0.798. The first-order valence-electron chi connectivity index (χ1n) is 6.21. The molecule has 0 aliphatic rings. The standard InChI is InChI=1S/C15H14BrN3O/c1-20-9-10-4-2-3-5-13(10)19-14-8-11(16)6-7-12(14)18-15(19)17/h2-8H,9H2,1H3,(H2,17,18). The van der Waals surface area contributed by atoms with Crippen LogP contribution < -0.4 is 5.73 Å². The molecule has 0 saturated carbocycles. The van der Waals surface area contributed by atoms with E-state index in [1.807, 2.05) is 47.0 Å². The molecule has 1 heterocycles. The molecule has 3 aromatic rings. The number of hydrogen-bond donors (Lipinski definition) is 1. The Hall–Kier alpha value is -1.85. The van der Waals surface area contributed by atoms with Crippen molar-refractivity contribution in [1.82, 2.24) is 9.55 Å². The lowest BCUT2D eigenvalue weighted by atomic mass is 10.2. The van der Waals surface area contributed by atoms with Crippen LogP contribution in [-0.2, 0) is 11.3 Å². The fourth-order valence-electron chi connectivity index (χ4n) is 2.33. The monoisotopic (exact) mass is 331 g/mol. The molecule has 4 nitrogen and oxygen atoms in total. The van der Waals surface area contributed by atoms with Crippen LogP contribution in [0.5, 0.6) is 0 Å². The molecule has 2 N–H and O–H groups in total. The summed E-state index contributed by atoms with van der Waals surface area (Å²) in [6.45, 7) is 0.531. The number of fused-ring (bicyclic) bond motifs is 1. The largest absolute Gasteiger partial charge is 0.380 e. The van der Waals surface area contributed by atoms with Crippen LogP contribution in [0.15, 0.2) is 46.9 Å². The van der Waals surface area contributed by atoms with E-state index >= 15 is 0 Å². The van der Waals surface area contributed by atoms with E-state index in [0.717, 1.165) is 26.8 Å². The summed E-state index contributed by atoms with van der Waals surface area (Å²) in [5.41, 5.74) is 10.0. The molecule has 102 valence electrons. The molecular formula is C15H14BrN3O. The molecule has 0 aliphatic carbocycles. The highest BCUT2D eigenvalue weighted by Gasteiger charge is 2.13. The topological polar surface area (TPSA) is 53.1 Å². The van der Waals surface area contributed by atoms with Gasteiger partial charge in [0.15, 0.2) is 0 Å². The van der Waals surface area contributed by atoms with Gasteiger partial charge in [-0.25, -0.2) is 4.98 Å². The Morgan fingerprint density at radius 1 is 1.25 bits per heavy atom.